The third-order valence-corrected chi connectivity index (χ3v) is 13.3. The third kappa shape index (κ3) is 5.45. The first-order chi connectivity index (χ1) is 28.8. The maximum Gasteiger partial charge on any atom is 0.0465 e. The standard InChI is InChI=1S/C58H45N/c1-57(2)51-25-15-13-23-46(51)48-33-31-43(36-53(48)57)59(44-32-34-49-47-24-14-16-26-52(47)58(3,4)54(49)37-44)42-29-27-40(28-30-42)55-45-22-12-11-21-41(45)35-50(38-17-7-5-8-18-38)56(55)39-19-9-6-10-20-39/h5-37H,1-4H3. The van der Waals surface area contributed by atoms with Crippen LogP contribution >= 0.6 is 0 Å². The van der Waals surface area contributed by atoms with Gasteiger partial charge in [-0.1, -0.05) is 185 Å². The van der Waals surface area contributed by atoms with Gasteiger partial charge in [-0.2, -0.15) is 0 Å². The van der Waals surface area contributed by atoms with E-state index in [1.165, 1.54) is 88.7 Å². The number of anilines is 3. The van der Waals surface area contributed by atoms with Crippen molar-refractivity contribution in [2.45, 2.75) is 38.5 Å². The Morgan fingerprint density at radius 1 is 0.305 bits per heavy atom. The second-order valence-electron chi connectivity index (χ2n) is 17.3. The largest absolute Gasteiger partial charge is 0.310 e. The number of rotatable bonds is 6. The summed E-state index contributed by atoms with van der Waals surface area (Å²) in [5.41, 5.74) is 21.4. The highest BCUT2D eigenvalue weighted by Crippen LogP contribution is 2.53. The van der Waals surface area contributed by atoms with E-state index in [-0.39, 0.29) is 10.8 Å². The Labute approximate surface area is 347 Å². The second kappa shape index (κ2) is 13.3. The van der Waals surface area contributed by atoms with Gasteiger partial charge in [-0.3, -0.25) is 0 Å². The van der Waals surface area contributed by atoms with Crippen molar-refractivity contribution >= 4 is 27.8 Å². The van der Waals surface area contributed by atoms with Gasteiger partial charge in [0.25, 0.3) is 0 Å². The zero-order valence-corrected chi connectivity index (χ0v) is 34.0. The second-order valence-corrected chi connectivity index (χ2v) is 17.3. The molecule has 0 aliphatic heterocycles. The number of nitrogens with zero attached hydrogens (tertiary/aromatic N) is 1. The molecule has 282 valence electrons. The molecule has 2 aliphatic carbocycles. The fraction of sp³-hybridized carbons (Fsp3) is 0.103. The van der Waals surface area contributed by atoms with Crippen LogP contribution < -0.4 is 4.90 Å². The summed E-state index contributed by atoms with van der Waals surface area (Å²) in [6.45, 7) is 9.48. The summed E-state index contributed by atoms with van der Waals surface area (Å²) in [5, 5.41) is 2.48. The van der Waals surface area contributed by atoms with Crippen molar-refractivity contribution in [3.05, 3.63) is 222 Å². The minimum absolute atomic E-state index is 0.113. The lowest BCUT2D eigenvalue weighted by Crippen LogP contribution is -2.18. The van der Waals surface area contributed by atoms with E-state index >= 15 is 0 Å². The normalized spacial score (nSPS) is 14.0. The first-order valence-corrected chi connectivity index (χ1v) is 20.8. The molecule has 1 nitrogen and oxygen atoms in total. The van der Waals surface area contributed by atoms with Crippen molar-refractivity contribution in [2.75, 3.05) is 4.90 Å². The van der Waals surface area contributed by atoms with E-state index in [9.17, 15) is 0 Å². The number of benzene rings is 9. The van der Waals surface area contributed by atoms with E-state index in [0.717, 1.165) is 17.1 Å². The average molecular weight is 756 g/mol. The van der Waals surface area contributed by atoms with Crippen molar-refractivity contribution < 1.29 is 0 Å². The van der Waals surface area contributed by atoms with Gasteiger partial charge in [0.05, 0.1) is 0 Å². The molecule has 0 fully saturated rings. The van der Waals surface area contributed by atoms with Crippen molar-refractivity contribution in [3.8, 4) is 55.6 Å². The molecule has 9 aromatic rings. The predicted octanol–water partition coefficient (Wildman–Crippen LogP) is 15.9. The molecule has 0 atom stereocenters. The monoisotopic (exact) mass is 755 g/mol. The van der Waals surface area contributed by atoms with Gasteiger partial charge in [-0.25, -0.2) is 0 Å². The quantitative estimate of drug-likeness (QED) is 0.163. The molecule has 0 radical (unpaired) electrons. The topological polar surface area (TPSA) is 3.24 Å². The summed E-state index contributed by atoms with van der Waals surface area (Å²) in [6.07, 6.45) is 0. The predicted molar refractivity (Wildman–Crippen MR) is 250 cm³/mol. The van der Waals surface area contributed by atoms with Crippen LogP contribution in [0.15, 0.2) is 200 Å². The van der Waals surface area contributed by atoms with E-state index in [1.54, 1.807) is 0 Å². The molecule has 0 unspecified atom stereocenters. The van der Waals surface area contributed by atoms with Gasteiger partial charge in [-0.05, 0) is 131 Å². The summed E-state index contributed by atoms with van der Waals surface area (Å²) in [7, 11) is 0. The summed E-state index contributed by atoms with van der Waals surface area (Å²) in [4.78, 5) is 2.47. The van der Waals surface area contributed by atoms with Crippen molar-refractivity contribution in [1.82, 2.24) is 0 Å². The fourth-order valence-corrected chi connectivity index (χ4v) is 10.3. The van der Waals surface area contributed by atoms with Crippen LogP contribution in [0.5, 0.6) is 0 Å². The van der Waals surface area contributed by atoms with Gasteiger partial charge in [-0.15, -0.1) is 0 Å². The highest BCUT2D eigenvalue weighted by atomic mass is 15.1. The van der Waals surface area contributed by atoms with E-state index in [1.807, 2.05) is 0 Å². The first kappa shape index (κ1) is 35.2. The lowest BCUT2D eigenvalue weighted by molar-refractivity contribution is 0.660. The van der Waals surface area contributed by atoms with Gasteiger partial charge >= 0.3 is 0 Å². The minimum atomic E-state index is -0.113. The van der Waals surface area contributed by atoms with Gasteiger partial charge in [0.1, 0.15) is 0 Å². The number of fused-ring (bicyclic) bond motifs is 7. The van der Waals surface area contributed by atoms with Crippen LogP contribution in [-0.2, 0) is 10.8 Å². The van der Waals surface area contributed by atoms with Gasteiger partial charge in [0.15, 0.2) is 0 Å². The molecule has 0 saturated carbocycles. The van der Waals surface area contributed by atoms with Crippen molar-refractivity contribution in [2.24, 2.45) is 0 Å². The SMILES string of the molecule is CC1(C)c2ccccc2-c2ccc(N(c3ccc(-c4c(-c5ccccc5)c(-c5ccccc5)cc5ccccc45)cc3)c3ccc4c(c3)C(C)(C)c3ccccc3-4)cc21. The lowest BCUT2D eigenvalue weighted by Gasteiger charge is -2.30. The van der Waals surface area contributed by atoms with Gasteiger partial charge in [0, 0.05) is 27.9 Å². The van der Waals surface area contributed by atoms with Gasteiger partial charge < -0.3 is 4.90 Å². The Kier molecular flexibility index (Phi) is 7.94. The summed E-state index contributed by atoms with van der Waals surface area (Å²) >= 11 is 0. The van der Waals surface area contributed by atoms with E-state index in [0.29, 0.717) is 0 Å². The van der Waals surface area contributed by atoms with Gasteiger partial charge in [0.2, 0.25) is 0 Å². The van der Waals surface area contributed by atoms with Crippen LogP contribution in [0.3, 0.4) is 0 Å². The molecule has 0 N–H and O–H groups in total. The molecule has 9 aromatic carbocycles. The summed E-state index contributed by atoms with van der Waals surface area (Å²) in [6, 6.07) is 74.3. The molecule has 2 aliphatic rings. The van der Waals surface area contributed by atoms with Crippen LogP contribution in [0, 0.1) is 0 Å². The Hall–Kier alpha value is -6.96. The van der Waals surface area contributed by atoms with Crippen LogP contribution in [-0.4, -0.2) is 0 Å². The van der Waals surface area contributed by atoms with E-state index in [2.05, 4.69) is 233 Å². The van der Waals surface area contributed by atoms with Crippen molar-refractivity contribution in [3.63, 3.8) is 0 Å². The Morgan fingerprint density at radius 3 is 1.32 bits per heavy atom. The minimum Gasteiger partial charge on any atom is -0.310 e. The molecule has 0 heterocycles. The van der Waals surface area contributed by atoms with Crippen LogP contribution in [0.2, 0.25) is 0 Å². The Bertz CT molecular complexity index is 2970. The zero-order valence-electron chi connectivity index (χ0n) is 34.0. The van der Waals surface area contributed by atoms with E-state index in [4.69, 9.17) is 0 Å². The van der Waals surface area contributed by atoms with Crippen LogP contribution in [0.1, 0.15) is 49.9 Å². The Balaban J connectivity index is 1.11. The fourth-order valence-electron chi connectivity index (χ4n) is 10.3. The van der Waals surface area contributed by atoms with Crippen molar-refractivity contribution in [1.29, 1.82) is 0 Å². The molecule has 0 spiro atoms. The molecule has 0 aromatic heterocycles. The smallest absolute Gasteiger partial charge is 0.0465 e. The summed E-state index contributed by atoms with van der Waals surface area (Å²) in [5.74, 6) is 0. The number of hydrogen-bond acceptors (Lipinski definition) is 1. The maximum absolute atomic E-state index is 2.47. The molecular weight excluding hydrogens is 711 g/mol. The molecular formula is C58H45N. The first-order valence-electron chi connectivity index (χ1n) is 20.8. The molecule has 0 saturated heterocycles. The van der Waals surface area contributed by atoms with E-state index < -0.39 is 0 Å². The van der Waals surface area contributed by atoms with Crippen LogP contribution in [0.25, 0.3) is 66.4 Å². The third-order valence-electron chi connectivity index (χ3n) is 13.3. The number of hydrogen-bond donors (Lipinski definition) is 0. The molecule has 59 heavy (non-hydrogen) atoms. The highest BCUT2D eigenvalue weighted by molar-refractivity contribution is 6.10. The maximum atomic E-state index is 2.47. The molecule has 1 heteroatoms. The molecule has 11 rings (SSSR count). The Morgan fingerprint density at radius 2 is 0.746 bits per heavy atom. The average Bonchev–Trinajstić information content (AvgIpc) is 3.65. The molecule has 0 amide bonds. The summed E-state index contributed by atoms with van der Waals surface area (Å²) < 4.78 is 0. The zero-order chi connectivity index (χ0) is 39.9. The highest BCUT2D eigenvalue weighted by Gasteiger charge is 2.37. The molecule has 0 bridgehead atoms. The lowest BCUT2D eigenvalue weighted by atomic mass is 9.82. The van der Waals surface area contributed by atoms with Crippen LogP contribution in [0.4, 0.5) is 17.1 Å².